The van der Waals surface area contributed by atoms with Crippen LogP contribution in [0.5, 0.6) is 0 Å². The molecule has 0 amide bonds. The van der Waals surface area contributed by atoms with Crippen molar-refractivity contribution >= 4 is 12.4 Å². The summed E-state index contributed by atoms with van der Waals surface area (Å²) in [6.45, 7) is 2.83. The SMILES string of the molecule is Cl.OC1CNCC1CNCc1cn(-c2ccccc2)nc1-c1ccc(F)cc1. The van der Waals surface area contributed by atoms with Gasteiger partial charge in [0.05, 0.1) is 17.5 Å². The van der Waals surface area contributed by atoms with Crippen LogP contribution in [0.3, 0.4) is 0 Å². The second-order valence-electron chi connectivity index (χ2n) is 6.91. The molecule has 4 rings (SSSR count). The lowest BCUT2D eigenvalue weighted by molar-refractivity contribution is 0.146. The Labute approximate surface area is 170 Å². The van der Waals surface area contributed by atoms with Crippen molar-refractivity contribution in [2.45, 2.75) is 12.6 Å². The zero-order valence-electron chi connectivity index (χ0n) is 15.4. The van der Waals surface area contributed by atoms with E-state index in [1.807, 2.05) is 41.2 Å². The molecule has 1 fully saturated rings. The van der Waals surface area contributed by atoms with Crippen LogP contribution < -0.4 is 10.6 Å². The summed E-state index contributed by atoms with van der Waals surface area (Å²) < 4.78 is 15.2. The van der Waals surface area contributed by atoms with Gasteiger partial charge in [-0.2, -0.15) is 5.10 Å². The summed E-state index contributed by atoms with van der Waals surface area (Å²) in [4.78, 5) is 0. The zero-order chi connectivity index (χ0) is 18.6. The van der Waals surface area contributed by atoms with Crippen LogP contribution in [0.25, 0.3) is 16.9 Å². The summed E-state index contributed by atoms with van der Waals surface area (Å²) in [7, 11) is 0. The molecule has 5 nitrogen and oxygen atoms in total. The molecule has 0 saturated carbocycles. The number of aliphatic hydroxyl groups excluding tert-OH is 1. The fraction of sp³-hybridized carbons (Fsp3) is 0.286. The first kappa shape index (κ1) is 20.5. The van der Waals surface area contributed by atoms with E-state index >= 15 is 0 Å². The third-order valence-electron chi connectivity index (χ3n) is 4.95. The highest BCUT2D eigenvalue weighted by Gasteiger charge is 2.24. The van der Waals surface area contributed by atoms with Crippen LogP contribution >= 0.6 is 12.4 Å². The number of hydrogen-bond acceptors (Lipinski definition) is 4. The molecule has 0 aliphatic carbocycles. The Hall–Kier alpha value is -2.25. The van der Waals surface area contributed by atoms with Crippen molar-refractivity contribution in [3.63, 3.8) is 0 Å². The molecular formula is C21H24ClFN4O. The molecule has 0 bridgehead atoms. The number of para-hydroxylation sites is 1. The number of nitrogens with zero attached hydrogens (tertiary/aromatic N) is 2. The molecule has 7 heteroatoms. The minimum atomic E-state index is -0.305. The van der Waals surface area contributed by atoms with Gasteiger partial charge in [-0.3, -0.25) is 0 Å². The van der Waals surface area contributed by atoms with Crippen molar-refractivity contribution in [3.05, 3.63) is 72.2 Å². The van der Waals surface area contributed by atoms with Gasteiger partial charge in [0.1, 0.15) is 5.82 Å². The fourth-order valence-electron chi connectivity index (χ4n) is 3.42. The monoisotopic (exact) mass is 402 g/mol. The Balaban J connectivity index is 0.00000225. The second kappa shape index (κ2) is 9.30. The molecule has 0 spiro atoms. The van der Waals surface area contributed by atoms with E-state index < -0.39 is 0 Å². The van der Waals surface area contributed by atoms with E-state index in [-0.39, 0.29) is 30.2 Å². The molecule has 1 aliphatic rings. The van der Waals surface area contributed by atoms with Crippen LogP contribution in [0.2, 0.25) is 0 Å². The number of halogens is 2. The Morgan fingerprint density at radius 1 is 1.11 bits per heavy atom. The lowest BCUT2D eigenvalue weighted by atomic mass is 10.1. The normalized spacial score (nSPS) is 18.8. The van der Waals surface area contributed by atoms with Crippen LogP contribution in [-0.2, 0) is 6.54 Å². The van der Waals surface area contributed by atoms with Crippen molar-refractivity contribution in [2.24, 2.45) is 5.92 Å². The average Bonchev–Trinajstić information content (AvgIpc) is 3.30. The van der Waals surface area contributed by atoms with E-state index in [2.05, 4.69) is 10.6 Å². The van der Waals surface area contributed by atoms with Crippen LogP contribution in [-0.4, -0.2) is 40.6 Å². The molecule has 2 aromatic carbocycles. The topological polar surface area (TPSA) is 62.1 Å². The lowest BCUT2D eigenvalue weighted by Crippen LogP contribution is -2.30. The number of aromatic nitrogens is 2. The van der Waals surface area contributed by atoms with E-state index in [9.17, 15) is 9.50 Å². The third-order valence-corrected chi connectivity index (χ3v) is 4.95. The van der Waals surface area contributed by atoms with Crippen molar-refractivity contribution in [1.82, 2.24) is 20.4 Å². The highest BCUT2D eigenvalue weighted by molar-refractivity contribution is 5.85. The van der Waals surface area contributed by atoms with Crippen molar-refractivity contribution in [2.75, 3.05) is 19.6 Å². The molecule has 0 radical (unpaired) electrons. The van der Waals surface area contributed by atoms with Crippen LogP contribution in [0, 0.1) is 11.7 Å². The number of rotatable bonds is 6. The van der Waals surface area contributed by atoms with E-state index in [1.54, 1.807) is 12.1 Å². The summed E-state index contributed by atoms with van der Waals surface area (Å²) in [5, 5.41) is 21.3. The molecule has 3 N–H and O–H groups in total. The van der Waals surface area contributed by atoms with E-state index in [4.69, 9.17) is 5.10 Å². The summed E-state index contributed by atoms with van der Waals surface area (Å²) in [6, 6.07) is 16.3. The maximum absolute atomic E-state index is 13.3. The Morgan fingerprint density at radius 2 is 1.86 bits per heavy atom. The maximum atomic E-state index is 13.3. The van der Waals surface area contributed by atoms with E-state index in [1.165, 1.54) is 12.1 Å². The lowest BCUT2D eigenvalue weighted by Gasteiger charge is -2.14. The van der Waals surface area contributed by atoms with Crippen LogP contribution in [0.15, 0.2) is 60.8 Å². The largest absolute Gasteiger partial charge is 0.391 e. The second-order valence-corrected chi connectivity index (χ2v) is 6.91. The molecule has 2 unspecified atom stereocenters. The standard InChI is InChI=1S/C21H23FN4O.ClH/c22-18-8-6-15(7-9-18)21-17(12-23-10-16-11-24-13-20(16)27)14-26(25-21)19-4-2-1-3-5-19;/h1-9,14,16,20,23-24,27H,10-13H2;1H. The van der Waals surface area contributed by atoms with Gasteiger partial charge in [-0.15, -0.1) is 12.4 Å². The number of aliphatic hydroxyl groups is 1. The maximum Gasteiger partial charge on any atom is 0.123 e. The van der Waals surface area contributed by atoms with E-state index in [0.717, 1.165) is 35.6 Å². The zero-order valence-corrected chi connectivity index (χ0v) is 16.2. The Bertz CT molecular complexity index is 885. The van der Waals surface area contributed by atoms with Crippen LogP contribution in [0.1, 0.15) is 5.56 Å². The minimum absolute atomic E-state index is 0. The number of nitrogens with one attached hydrogen (secondary N) is 2. The molecule has 1 saturated heterocycles. The average molecular weight is 403 g/mol. The first-order chi connectivity index (χ1) is 13.2. The van der Waals surface area contributed by atoms with Crippen molar-refractivity contribution in [3.8, 4) is 16.9 Å². The third kappa shape index (κ3) is 4.59. The van der Waals surface area contributed by atoms with Gasteiger partial charge in [-0.25, -0.2) is 9.07 Å². The smallest absolute Gasteiger partial charge is 0.123 e. The Morgan fingerprint density at radius 3 is 2.54 bits per heavy atom. The fourth-order valence-corrected chi connectivity index (χ4v) is 3.42. The van der Waals surface area contributed by atoms with Crippen molar-refractivity contribution < 1.29 is 9.50 Å². The predicted molar refractivity (Wildman–Crippen MR) is 110 cm³/mol. The van der Waals surface area contributed by atoms with Gasteiger partial charge in [0, 0.05) is 49.4 Å². The van der Waals surface area contributed by atoms with Gasteiger partial charge in [-0.1, -0.05) is 18.2 Å². The highest BCUT2D eigenvalue weighted by Crippen LogP contribution is 2.24. The molecule has 2 atom stereocenters. The summed E-state index contributed by atoms with van der Waals surface area (Å²) in [5.74, 6) is -0.0490. The van der Waals surface area contributed by atoms with Crippen LogP contribution in [0.4, 0.5) is 4.39 Å². The minimum Gasteiger partial charge on any atom is -0.391 e. The molecule has 1 aromatic heterocycles. The Kier molecular flexibility index (Phi) is 6.80. The number of hydrogen-bond donors (Lipinski definition) is 3. The van der Waals surface area contributed by atoms with Gasteiger partial charge in [0.25, 0.3) is 0 Å². The molecule has 3 aromatic rings. The van der Waals surface area contributed by atoms with Gasteiger partial charge >= 0.3 is 0 Å². The number of β-amino-alcohol motifs (C(OH)–C–C–N with tert-alkyl or cyclic N) is 1. The van der Waals surface area contributed by atoms with Gasteiger partial charge in [0.2, 0.25) is 0 Å². The summed E-state index contributed by atoms with van der Waals surface area (Å²) >= 11 is 0. The van der Waals surface area contributed by atoms with Gasteiger partial charge < -0.3 is 15.7 Å². The molecule has 28 heavy (non-hydrogen) atoms. The van der Waals surface area contributed by atoms with Gasteiger partial charge in [-0.05, 0) is 36.4 Å². The highest BCUT2D eigenvalue weighted by atomic mass is 35.5. The summed E-state index contributed by atoms with van der Waals surface area (Å²) in [5.41, 5.74) is 3.72. The van der Waals surface area contributed by atoms with Crippen molar-refractivity contribution in [1.29, 1.82) is 0 Å². The molecule has 148 valence electrons. The quantitative estimate of drug-likeness (QED) is 0.593. The van der Waals surface area contributed by atoms with Gasteiger partial charge in [0.15, 0.2) is 0 Å². The molecule has 2 heterocycles. The summed E-state index contributed by atoms with van der Waals surface area (Å²) in [6.07, 6.45) is 1.70. The molecular weight excluding hydrogens is 379 g/mol. The first-order valence-corrected chi connectivity index (χ1v) is 9.20. The first-order valence-electron chi connectivity index (χ1n) is 9.20. The number of benzene rings is 2. The molecule has 1 aliphatic heterocycles. The van der Waals surface area contributed by atoms with E-state index in [0.29, 0.717) is 13.1 Å². The predicted octanol–water partition coefficient (Wildman–Crippen LogP) is 2.77.